The summed E-state index contributed by atoms with van der Waals surface area (Å²) in [6.45, 7) is 0. The van der Waals surface area contributed by atoms with E-state index in [9.17, 15) is 9.59 Å². The van der Waals surface area contributed by atoms with Gasteiger partial charge in [0.15, 0.2) is 0 Å². The van der Waals surface area contributed by atoms with Crippen LogP contribution in [0.3, 0.4) is 0 Å². The maximum atomic E-state index is 12.7. The summed E-state index contributed by atoms with van der Waals surface area (Å²) in [5.41, 5.74) is 0.818. The number of esters is 1. The van der Waals surface area contributed by atoms with Gasteiger partial charge in [0.25, 0.3) is 0 Å². The predicted octanol–water partition coefficient (Wildman–Crippen LogP) is 5.21. The third kappa shape index (κ3) is 4.82. The Hall–Kier alpha value is -4.32. The van der Waals surface area contributed by atoms with E-state index in [1.54, 1.807) is 37.5 Å². The van der Waals surface area contributed by atoms with Gasteiger partial charge in [-0.25, -0.2) is 4.79 Å². The van der Waals surface area contributed by atoms with Gasteiger partial charge in [-0.2, -0.15) is 0 Å². The molecule has 0 fully saturated rings. The molecule has 1 aromatic heterocycles. The zero-order valence-electron chi connectivity index (χ0n) is 16.6. The fraction of sp³-hybridized carbons (Fsp3) is 0.0400. The Bertz CT molecular complexity index is 1300. The highest BCUT2D eigenvalue weighted by atomic mass is 16.5. The van der Waals surface area contributed by atoms with Crippen LogP contribution in [-0.4, -0.2) is 13.1 Å². The highest BCUT2D eigenvalue weighted by Crippen LogP contribution is 2.26. The quantitative estimate of drug-likeness (QED) is 0.245. The third-order valence-electron chi connectivity index (χ3n) is 4.41. The minimum Gasteiger partial charge on any atom is -0.497 e. The van der Waals surface area contributed by atoms with Gasteiger partial charge in [0.1, 0.15) is 29.1 Å². The fourth-order valence-corrected chi connectivity index (χ4v) is 2.90. The molecule has 0 saturated carbocycles. The lowest BCUT2D eigenvalue weighted by Gasteiger charge is -2.08. The van der Waals surface area contributed by atoms with Gasteiger partial charge in [-0.05, 0) is 35.9 Å². The molecule has 0 saturated heterocycles. The highest BCUT2D eigenvalue weighted by Gasteiger charge is 2.11. The molecule has 4 rings (SSSR count). The first-order valence-corrected chi connectivity index (χ1v) is 9.45. The van der Waals surface area contributed by atoms with Crippen molar-refractivity contribution < 1.29 is 23.4 Å². The van der Waals surface area contributed by atoms with Crippen molar-refractivity contribution >= 4 is 23.0 Å². The second-order valence-electron chi connectivity index (χ2n) is 6.53. The van der Waals surface area contributed by atoms with Crippen LogP contribution < -0.4 is 19.6 Å². The van der Waals surface area contributed by atoms with Crippen LogP contribution in [0.1, 0.15) is 5.56 Å². The van der Waals surface area contributed by atoms with E-state index in [1.165, 1.54) is 30.5 Å². The van der Waals surface area contributed by atoms with Crippen molar-refractivity contribution in [2.45, 2.75) is 0 Å². The van der Waals surface area contributed by atoms with Crippen molar-refractivity contribution in [1.82, 2.24) is 0 Å². The van der Waals surface area contributed by atoms with Gasteiger partial charge >= 0.3 is 5.97 Å². The van der Waals surface area contributed by atoms with Crippen molar-refractivity contribution in [3.63, 3.8) is 0 Å². The summed E-state index contributed by atoms with van der Waals surface area (Å²) in [6.07, 6.45) is 4.22. The van der Waals surface area contributed by atoms with Crippen LogP contribution >= 0.6 is 0 Å². The van der Waals surface area contributed by atoms with Gasteiger partial charge in [-0.3, -0.25) is 4.79 Å². The number of carbonyl (C=O) groups excluding carboxylic acids is 1. The zero-order chi connectivity index (χ0) is 21.6. The zero-order valence-corrected chi connectivity index (χ0v) is 16.6. The number of ether oxygens (including phenoxy) is 3. The first-order valence-electron chi connectivity index (χ1n) is 9.45. The Morgan fingerprint density at radius 1 is 0.903 bits per heavy atom. The number of methoxy groups -OCH3 is 1. The minimum atomic E-state index is -0.538. The molecule has 0 aliphatic carbocycles. The maximum absolute atomic E-state index is 12.7. The van der Waals surface area contributed by atoms with Crippen molar-refractivity contribution in [3.8, 4) is 23.0 Å². The lowest BCUT2D eigenvalue weighted by atomic mass is 10.2. The van der Waals surface area contributed by atoms with E-state index >= 15 is 0 Å². The van der Waals surface area contributed by atoms with E-state index in [2.05, 4.69) is 0 Å². The molecule has 0 aliphatic rings. The van der Waals surface area contributed by atoms with E-state index in [0.717, 1.165) is 5.56 Å². The smallest absolute Gasteiger partial charge is 0.336 e. The summed E-state index contributed by atoms with van der Waals surface area (Å²) in [7, 11) is 1.55. The molecule has 6 heteroatoms. The van der Waals surface area contributed by atoms with E-state index in [-0.39, 0.29) is 22.5 Å². The molecule has 0 atom stereocenters. The molecule has 0 N–H and O–H groups in total. The molecule has 4 aromatic rings. The summed E-state index contributed by atoms with van der Waals surface area (Å²) in [6, 6.07) is 20.8. The van der Waals surface area contributed by atoms with Gasteiger partial charge in [0.2, 0.25) is 11.2 Å². The summed E-state index contributed by atoms with van der Waals surface area (Å²) >= 11 is 0. The fourth-order valence-electron chi connectivity index (χ4n) is 2.90. The predicted molar refractivity (Wildman–Crippen MR) is 117 cm³/mol. The number of rotatable bonds is 6. The molecule has 6 nitrogen and oxygen atoms in total. The molecule has 154 valence electrons. The Kier molecular flexibility index (Phi) is 5.80. The molecule has 0 amide bonds. The van der Waals surface area contributed by atoms with Crippen molar-refractivity contribution in [2.75, 3.05) is 7.11 Å². The lowest BCUT2D eigenvalue weighted by Crippen LogP contribution is -2.06. The average molecular weight is 414 g/mol. The molecule has 3 aromatic carbocycles. The molecule has 0 bridgehead atoms. The van der Waals surface area contributed by atoms with E-state index in [4.69, 9.17) is 18.6 Å². The molecule has 0 spiro atoms. The van der Waals surface area contributed by atoms with Crippen molar-refractivity contribution in [3.05, 3.63) is 101 Å². The normalized spacial score (nSPS) is 10.9. The maximum Gasteiger partial charge on any atom is 0.336 e. The number of benzene rings is 3. The molecule has 0 radical (unpaired) electrons. The number of hydrogen-bond acceptors (Lipinski definition) is 6. The van der Waals surface area contributed by atoms with Crippen LogP contribution in [0.2, 0.25) is 0 Å². The van der Waals surface area contributed by atoms with Crippen LogP contribution in [0.5, 0.6) is 23.0 Å². The van der Waals surface area contributed by atoms with Crippen molar-refractivity contribution in [2.24, 2.45) is 0 Å². The van der Waals surface area contributed by atoms with E-state index in [1.807, 2.05) is 30.3 Å². The SMILES string of the molecule is COc1cccc(Oc2coc3cc(OC(=O)/C=C/c4ccccc4)ccc3c2=O)c1. The molecule has 0 unspecified atom stereocenters. The van der Waals surface area contributed by atoms with Crippen LogP contribution in [0.4, 0.5) is 0 Å². The second-order valence-corrected chi connectivity index (χ2v) is 6.53. The van der Waals surface area contributed by atoms with Crippen molar-refractivity contribution in [1.29, 1.82) is 0 Å². The van der Waals surface area contributed by atoms with Gasteiger partial charge in [0, 0.05) is 18.2 Å². The molecule has 1 heterocycles. The van der Waals surface area contributed by atoms with Crippen LogP contribution in [0.25, 0.3) is 17.0 Å². The first kappa shape index (κ1) is 20.0. The van der Waals surface area contributed by atoms with Crippen LogP contribution in [0, 0.1) is 0 Å². The topological polar surface area (TPSA) is 75.0 Å². The minimum absolute atomic E-state index is 0.0382. The summed E-state index contributed by atoms with van der Waals surface area (Å²) in [5.74, 6) is 0.817. The van der Waals surface area contributed by atoms with E-state index in [0.29, 0.717) is 16.9 Å². The number of hydrogen-bond donors (Lipinski definition) is 0. The third-order valence-corrected chi connectivity index (χ3v) is 4.41. The van der Waals surface area contributed by atoms with Gasteiger partial charge < -0.3 is 18.6 Å². The monoisotopic (exact) mass is 414 g/mol. The summed E-state index contributed by atoms with van der Waals surface area (Å²) in [4.78, 5) is 24.8. The average Bonchev–Trinajstić information content (AvgIpc) is 2.80. The van der Waals surface area contributed by atoms with Gasteiger partial charge in [0.05, 0.1) is 12.5 Å². The number of carbonyl (C=O) groups is 1. The van der Waals surface area contributed by atoms with Gasteiger partial charge in [-0.1, -0.05) is 36.4 Å². The summed E-state index contributed by atoms with van der Waals surface area (Å²) in [5, 5.41) is 0.306. The molecule has 31 heavy (non-hydrogen) atoms. The van der Waals surface area contributed by atoms with E-state index < -0.39 is 5.97 Å². The lowest BCUT2D eigenvalue weighted by molar-refractivity contribution is -0.128. The van der Waals surface area contributed by atoms with Crippen LogP contribution in [-0.2, 0) is 4.79 Å². The van der Waals surface area contributed by atoms with Gasteiger partial charge in [-0.15, -0.1) is 0 Å². The van der Waals surface area contributed by atoms with Crippen LogP contribution in [0.15, 0.2) is 94.3 Å². The summed E-state index contributed by atoms with van der Waals surface area (Å²) < 4.78 is 21.6. The molecular formula is C25H18O6. The first-order chi connectivity index (χ1) is 15.1. The highest BCUT2D eigenvalue weighted by molar-refractivity contribution is 5.89. The molecular weight excluding hydrogens is 396 g/mol. The second kappa shape index (κ2) is 9.00. The number of fused-ring (bicyclic) bond motifs is 1. The Labute approximate surface area is 177 Å². The Morgan fingerprint density at radius 3 is 2.52 bits per heavy atom. The Balaban J connectivity index is 1.52. The Morgan fingerprint density at radius 2 is 1.71 bits per heavy atom. The largest absolute Gasteiger partial charge is 0.497 e. The molecule has 0 aliphatic heterocycles. The standard InChI is InChI=1S/C25H18O6/c1-28-18-8-5-9-19(14-18)30-23-16-29-22-15-20(11-12-21(22)25(23)27)31-24(26)13-10-17-6-3-2-4-7-17/h2-16H,1H3/b13-10+.